The molecule has 0 unspecified atom stereocenters. The molecule has 2 aliphatic carbocycles. The van der Waals surface area contributed by atoms with Crippen molar-refractivity contribution in [2.24, 2.45) is 0 Å². The summed E-state index contributed by atoms with van der Waals surface area (Å²) in [5.74, 6) is 2.69. The molecule has 0 heterocycles. The van der Waals surface area contributed by atoms with Crippen LogP contribution in [0.15, 0.2) is 0 Å². The first-order valence-electron chi connectivity index (χ1n) is 4.36. The minimum Gasteiger partial charge on any atom is 0 e. The molecule has 2 fully saturated rings. The van der Waals surface area contributed by atoms with E-state index in [1.165, 1.54) is 11.8 Å². The van der Waals surface area contributed by atoms with Crippen LogP contribution in [-0.4, -0.2) is 0 Å². The molecule has 0 aromatic rings. The Balaban J connectivity index is 0. The van der Waals surface area contributed by atoms with E-state index in [-0.39, 0.29) is 22.4 Å². The summed E-state index contributed by atoms with van der Waals surface area (Å²) in [6.07, 6.45) is 16.5. The summed E-state index contributed by atoms with van der Waals surface area (Å²) in [5, 5.41) is 0. The fraction of sp³-hybridized carbons (Fsp3) is 0.154. The molecule has 15 heavy (non-hydrogen) atoms. The number of hydrogen-bond donors (Lipinski definition) is 0. The van der Waals surface area contributed by atoms with Crippen molar-refractivity contribution in [3.05, 3.63) is 69.9 Å². The molecule has 0 N–H and O–H groups in total. The number of hydrogen-bond acceptors (Lipinski definition) is 0. The van der Waals surface area contributed by atoms with Gasteiger partial charge < -0.3 is 0 Å². The van der Waals surface area contributed by atoms with Crippen molar-refractivity contribution in [1.29, 1.82) is 0 Å². The van der Waals surface area contributed by atoms with Gasteiger partial charge in [-0.3, -0.25) is 0 Å². The third-order valence-electron chi connectivity index (χ3n) is 1.66. The molecule has 0 aliphatic heterocycles. The van der Waals surface area contributed by atoms with Gasteiger partial charge in [0.2, 0.25) is 0 Å². The maximum absolute atomic E-state index is 7.50. The van der Waals surface area contributed by atoms with Gasteiger partial charge in [-0.1, -0.05) is 13.8 Å². The Labute approximate surface area is 111 Å². The molecule has 0 spiro atoms. The molecular weight excluding hydrogens is 265 g/mol. The second kappa shape index (κ2) is 12.5. The van der Waals surface area contributed by atoms with E-state index >= 15 is 0 Å². The summed E-state index contributed by atoms with van der Waals surface area (Å²) in [5.41, 5.74) is 0. The van der Waals surface area contributed by atoms with Gasteiger partial charge in [-0.2, -0.15) is 0 Å². The first-order valence-corrected chi connectivity index (χ1v) is 4.36. The minimum atomic E-state index is 0. The summed E-state index contributed by atoms with van der Waals surface area (Å²) in [6.45, 7) is 8.67. The number of rotatable bonds is 0. The SMILES string of the molecule is C[C]1[CH][CH][CH][CH]1.C[C]1[CH][CH][CH][CH]1.[C-]#[O+].[Nb]. The van der Waals surface area contributed by atoms with Crippen LogP contribution >= 0.6 is 0 Å². The molecule has 0 saturated heterocycles. The molecule has 2 rings (SSSR count). The van der Waals surface area contributed by atoms with Gasteiger partial charge in [0, 0.05) is 22.4 Å². The summed E-state index contributed by atoms with van der Waals surface area (Å²) in [6, 6.07) is 0. The molecule has 2 heteroatoms. The maximum atomic E-state index is 7.50. The van der Waals surface area contributed by atoms with E-state index < -0.39 is 0 Å². The van der Waals surface area contributed by atoms with Crippen LogP contribution in [0.25, 0.3) is 0 Å². The Morgan fingerprint density at radius 2 is 0.933 bits per heavy atom. The van der Waals surface area contributed by atoms with Crippen molar-refractivity contribution in [3.63, 3.8) is 0 Å². The normalized spacial score (nSPS) is 20.5. The molecule has 0 aromatic carbocycles. The smallest absolute Gasteiger partial charge is 0 e. The van der Waals surface area contributed by atoms with Gasteiger partial charge in [-0.05, 0) is 63.2 Å². The Kier molecular flexibility index (Phi) is 14.9. The molecule has 0 atom stereocenters. The van der Waals surface area contributed by atoms with Crippen molar-refractivity contribution < 1.29 is 27.0 Å². The van der Waals surface area contributed by atoms with Gasteiger partial charge in [-0.25, -0.2) is 0 Å². The van der Waals surface area contributed by atoms with Crippen LogP contribution in [0.2, 0.25) is 0 Å². The van der Waals surface area contributed by atoms with Crippen molar-refractivity contribution >= 4 is 0 Å². The topological polar surface area (TPSA) is 19.9 Å². The van der Waals surface area contributed by atoms with Crippen LogP contribution in [0.3, 0.4) is 0 Å². The van der Waals surface area contributed by atoms with Gasteiger partial charge in [0.1, 0.15) is 0 Å². The van der Waals surface area contributed by atoms with E-state index in [2.05, 4.69) is 46.2 Å². The molecule has 0 amide bonds. The standard InChI is InChI=1S/2C6H7.CO.Nb/c2*1-6-4-2-3-5-6;1-2;/h2*2-5H,1H3;;. The van der Waals surface area contributed by atoms with E-state index in [0.29, 0.717) is 0 Å². The van der Waals surface area contributed by atoms with Gasteiger partial charge in [0.15, 0.2) is 0 Å². The largest absolute Gasteiger partial charge is 0 e. The van der Waals surface area contributed by atoms with Crippen molar-refractivity contribution in [3.8, 4) is 0 Å². The van der Waals surface area contributed by atoms with Crippen LogP contribution in [-0.2, 0) is 27.0 Å². The van der Waals surface area contributed by atoms with Crippen molar-refractivity contribution in [2.45, 2.75) is 13.8 Å². The van der Waals surface area contributed by atoms with Crippen LogP contribution in [0.1, 0.15) is 13.8 Å². The summed E-state index contributed by atoms with van der Waals surface area (Å²) < 4.78 is 7.50. The zero-order valence-electron chi connectivity index (χ0n) is 8.97. The predicted octanol–water partition coefficient (Wildman–Crippen LogP) is 2.78. The third-order valence-corrected chi connectivity index (χ3v) is 1.66. The fourth-order valence-electron chi connectivity index (χ4n) is 0.940. The Bertz CT molecular complexity index is 119. The second-order valence-electron chi connectivity index (χ2n) is 2.92. The Hall–Kier alpha value is 0.480. The summed E-state index contributed by atoms with van der Waals surface area (Å²) in [7, 11) is 0. The van der Waals surface area contributed by atoms with E-state index in [9.17, 15) is 0 Å². The zero-order valence-corrected chi connectivity index (χ0v) is 11.2. The first-order chi connectivity index (χ1) is 6.79. The van der Waals surface area contributed by atoms with Gasteiger partial charge in [0.05, 0.1) is 0 Å². The summed E-state index contributed by atoms with van der Waals surface area (Å²) >= 11 is 0. The van der Waals surface area contributed by atoms with Crippen LogP contribution < -0.4 is 0 Å². The molecule has 1 nitrogen and oxygen atoms in total. The van der Waals surface area contributed by atoms with Gasteiger partial charge in [-0.15, -0.1) is 0 Å². The average molecular weight is 279 g/mol. The van der Waals surface area contributed by atoms with Crippen molar-refractivity contribution in [2.75, 3.05) is 0 Å². The van der Waals surface area contributed by atoms with E-state index in [1.807, 2.05) is 25.7 Å². The monoisotopic (exact) mass is 279 g/mol. The molecular formula is C13H14NbO. The molecule has 0 aromatic heterocycles. The zero-order chi connectivity index (χ0) is 10.8. The van der Waals surface area contributed by atoms with Gasteiger partial charge >= 0.3 is 11.3 Å². The Morgan fingerprint density at radius 1 is 0.733 bits per heavy atom. The van der Waals surface area contributed by atoms with Crippen molar-refractivity contribution in [1.82, 2.24) is 0 Å². The molecule has 11 radical (unpaired) electrons. The third kappa shape index (κ3) is 10.8. The van der Waals surface area contributed by atoms with Crippen LogP contribution in [0, 0.1) is 69.9 Å². The predicted molar refractivity (Wildman–Crippen MR) is 56.2 cm³/mol. The average Bonchev–Trinajstić information content (AvgIpc) is 2.83. The minimum absolute atomic E-state index is 0. The molecule has 0 bridgehead atoms. The first kappa shape index (κ1) is 17.9. The summed E-state index contributed by atoms with van der Waals surface area (Å²) in [4.78, 5) is 0. The molecule has 77 valence electrons. The van der Waals surface area contributed by atoms with Gasteiger partial charge in [0.25, 0.3) is 0 Å². The van der Waals surface area contributed by atoms with E-state index in [4.69, 9.17) is 4.65 Å². The van der Waals surface area contributed by atoms with Crippen LogP contribution in [0.5, 0.6) is 0 Å². The van der Waals surface area contributed by atoms with E-state index in [0.717, 1.165) is 0 Å². The fourth-order valence-corrected chi connectivity index (χ4v) is 0.940. The second-order valence-corrected chi connectivity index (χ2v) is 2.92. The van der Waals surface area contributed by atoms with Crippen LogP contribution in [0.4, 0.5) is 0 Å². The quantitative estimate of drug-likeness (QED) is 0.369. The maximum Gasteiger partial charge on any atom is 0 e. The molecule has 2 saturated carbocycles. The molecule has 2 aliphatic rings. The van der Waals surface area contributed by atoms with E-state index in [1.54, 1.807) is 0 Å². The Morgan fingerprint density at radius 3 is 1.00 bits per heavy atom.